The third-order valence-corrected chi connectivity index (χ3v) is 6.04. The topological polar surface area (TPSA) is 55.6 Å². The Morgan fingerprint density at radius 2 is 1.74 bits per heavy atom. The van der Waals surface area contributed by atoms with Crippen molar-refractivity contribution in [2.45, 2.75) is 18.6 Å². The maximum absolute atomic E-state index is 12.8. The minimum Gasteiger partial charge on any atom is -0.495 e. The van der Waals surface area contributed by atoms with Gasteiger partial charge in [-0.15, -0.1) is 0 Å². The number of alkyl halides is 3. The van der Waals surface area contributed by atoms with Crippen molar-refractivity contribution in [2.75, 3.05) is 19.4 Å². The number of carbonyl (C=O) groups is 1. The van der Waals surface area contributed by atoms with Gasteiger partial charge in [-0.2, -0.15) is 13.2 Å². The SMILES string of the molecule is COc1ccccc1Cl.Nc1ccc(Cl)cc1C1=CC(c2ccc(C(F)(F)F)cc2)N(C=O)CC1. The number of ether oxygens (including phenoxy) is 1. The van der Waals surface area contributed by atoms with Gasteiger partial charge in [0.15, 0.2) is 0 Å². The van der Waals surface area contributed by atoms with E-state index in [9.17, 15) is 18.0 Å². The van der Waals surface area contributed by atoms with Crippen LogP contribution in [0.5, 0.6) is 5.75 Å². The second-order valence-corrected chi connectivity index (χ2v) is 8.56. The molecule has 1 aliphatic rings. The largest absolute Gasteiger partial charge is 0.495 e. The molecule has 1 unspecified atom stereocenters. The van der Waals surface area contributed by atoms with E-state index >= 15 is 0 Å². The summed E-state index contributed by atoms with van der Waals surface area (Å²) in [6.45, 7) is 0.437. The van der Waals surface area contributed by atoms with Crippen LogP contribution in [-0.2, 0) is 11.0 Å². The molecule has 1 atom stereocenters. The number of rotatable bonds is 4. The zero-order valence-corrected chi connectivity index (χ0v) is 20.2. The maximum Gasteiger partial charge on any atom is 0.416 e. The van der Waals surface area contributed by atoms with E-state index in [1.807, 2.05) is 24.3 Å². The molecular formula is C26H23Cl2F3N2O2. The monoisotopic (exact) mass is 522 g/mol. The van der Waals surface area contributed by atoms with E-state index in [2.05, 4.69) is 0 Å². The minimum absolute atomic E-state index is 0.437. The van der Waals surface area contributed by atoms with Gasteiger partial charge in [0.25, 0.3) is 0 Å². The van der Waals surface area contributed by atoms with Crippen LogP contribution in [0.2, 0.25) is 10.0 Å². The fourth-order valence-electron chi connectivity index (χ4n) is 3.67. The van der Waals surface area contributed by atoms with Crippen molar-refractivity contribution in [3.05, 3.63) is 99.5 Å². The van der Waals surface area contributed by atoms with Gasteiger partial charge in [0.05, 0.1) is 23.7 Å². The summed E-state index contributed by atoms with van der Waals surface area (Å²) >= 11 is 11.7. The van der Waals surface area contributed by atoms with E-state index in [0.717, 1.165) is 29.0 Å². The van der Waals surface area contributed by atoms with Crippen molar-refractivity contribution in [1.29, 1.82) is 0 Å². The standard InChI is InChI=1S/C19H16ClF3N2O.C7H7ClO/c20-15-5-6-17(24)16(10-15)13-7-8-25(11-26)18(9-13)12-1-3-14(4-2-12)19(21,22)23;1-9-7-5-3-2-4-6(7)8/h1-6,9-11,18H,7-8,24H2;2-5H,1H3. The summed E-state index contributed by atoms with van der Waals surface area (Å²) in [6, 6.07) is 16.9. The van der Waals surface area contributed by atoms with Crippen LogP contribution in [0.25, 0.3) is 5.57 Å². The molecule has 0 spiro atoms. The molecule has 3 aromatic carbocycles. The van der Waals surface area contributed by atoms with Gasteiger partial charge in [-0.25, -0.2) is 0 Å². The molecule has 1 amide bonds. The number of amides is 1. The van der Waals surface area contributed by atoms with Crippen LogP contribution in [0.4, 0.5) is 18.9 Å². The molecule has 0 aromatic heterocycles. The molecular weight excluding hydrogens is 500 g/mol. The van der Waals surface area contributed by atoms with Gasteiger partial charge >= 0.3 is 6.18 Å². The summed E-state index contributed by atoms with van der Waals surface area (Å²) in [7, 11) is 1.60. The van der Waals surface area contributed by atoms with Crippen LogP contribution in [0.15, 0.2) is 72.8 Å². The Bertz CT molecular complexity index is 1200. The molecule has 184 valence electrons. The van der Waals surface area contributed by atoms with Crippen LogP contribution in [0.1, 0.15) is 29.2 Å². The van der Waals surface area contributed by atoms with Crippen molar-refractivity contribution in [1.82, 2.24) is 4.90 Å². The number of carbonyl (C=O) groups excluding carboxylic acids is 1. The highest BCUT2D eigenvalue weighted by atomic mass is 35.5. The number of benzene rings is 3. The number of nitrogen functional groups attached to an aromatic ring is 1. The second kappa shape index (κ2) is 11.5. The molecule has 35 heavy (non-hydrogen) atoms. The molecule has 4 rings (SSSR count). The van der Waals surface area contributed by atoms with Crippen molar-refractivity contribution >= 4 is 40.9 Å². The summed E-state index contributed by atoms with van der Waals surface area (Å²) in [5.41, 5.74) is 8.16. The first-order valence-corrected chi connectivity index (χ1v) is 11.3. The summed E-state index contributed by atoms with van der Waals surface area (Å²) < 4.78 is 43.2. The third kappa shape index (κ3) is 6.71. The van der Waals surface area contributed by atoms with Crippen LogP contribution in [-0.4, -0.2) is 25.0 Å². The minimum atomic E-state index is -4.40. The summed E-state index contributed by atoms with van der Waals surface area (Å²) in [4.78, 5) is 13.0. The lowest BCUT2D eigenvalue weighted by atomic mass is 9.91. The number of halogens is 5. The molecule has 0 bridgehead atoms. The zero-order chi connectivity index (χ0) is 25.6. The lowest BCUT2D eigenvalue weighted by Crippen LogP contribution is -2.31. The van der Waals surface area contributed by atoms with E-state index < -0.39 is 17.8 Å². The van der Waals surface area contributed by atoms with Crippen molar-refractivity contribution in [2.24, 2.45) is 0 Å². The highest BCUT2D eigenvalue weighted by molar-refractivity contribution is 6.32. The quantitative estimate of drug-likeness (QED) is 0.289. The van der Waals surface area contributed by atoms with Gasteiger partial charge in [-0.1, -0.05) is 53.5 Å². The van der Waals surface area contributed by atoms with Crippen LogP contribution < -0.4 is 10.5 Å². The Hall–Kier alpha value is -3.16. The average molecular weight is 523 g/mol. The first kappa shape index (κ1) is 26.4. The van der Waals surface area contributed by atoms with Gasteiger partial charge in [0, 0.05) is 22.8 Å². The predicted octanol–water partition coefficient (Wildman–Crippen LogP) is 7.28. The molecule has 1 aliphatic heterocycles. The predicted molar refractivity (Wildman–Crippen MR) is 133 cm³/mol. The van der Waals surface area contributed by atoms with Gasteiger partial charge in [-0.05, 0) is 60.0 Å². The molecule has 1 heterocycles. The van der Waals surface area contributed by atoms with Gasteiger partial charge in [0.1, 0.15) is 5.75 Å². The average Bonchev–Trinajstić information content (AvgIpc) is 2.85. The fourth-order valence-corrected chi connectivity index (χ4v) is 4.06. The first-order valence-electron chi connectivity index (χ1n) is 10.6. The number of hydrogen-bond acceptors (Lipinski definition) is 3. The Labute approximate surface area is 211 Å². The van der Waals surface area contributed by atoms with Crippen LogP contribution >= 0.6 is 23.2 Å². The summed E-state index contributed by atoms with van der Waals surface area (Å²) in [6.07, 6.45) is -1.26. The number of nitrogens with zero attached hydrogens (tertiary/aromatic N) is 1. The van der Waals surface area contributed by atoms with Gasteiger partial charge in [-0.3, -0.25) is 4.79 Å². The highest BCUT2D eigenvalue weighted by Crippen LogP contribution is 2.37. The Kier molecular flexibility index (Phi) is 8.70. The molecule has 4 nitrogen and oxygen atoms in total. The van der Waals surface area contributed by atoms with E-state index in [1.165, 1.54) is 12.1 Å². The van der Waals surface area contributed by atoms with Crippen molar-refractivity contribution < 1.29 is 22.7 Å². The van der Waals surface area contributed by atoms with Crippen LogP contribution in [0.3, 0.4) is 0 Å². The molecule has 3 aromatic rings. The maximum atomic E-state index is 12.8. The lowest BCUT2D eigenvalue weighted by Gasteiger charge is -2.32. The summed E-state index contributed by atoms with van der Waals surface area (Å²) in [5, 5.41) is 1.19. The summed E-state index contributed by atoms with van der Waals surface area (Å²) in [5.74, 6) is 0.721. The first-order chi connectivity index (χ1) is 16.6. The Balaban J connectivity index is 0.000000320. The molecule has 9 heteroatoms. The van der Waals surface area contributed by atoms with Crippen molar-refractivity contribution in [3.8, 4) is 5.75 Å². The van der Waals surface area contributed by atoms with Crippen molar-refractivity contribution in [3.63, 3.8) is 0 Å². The van der Waals surface area contributed by atoms with Gasteiger partial charge in [0.2, 0.25) is 6.41 Å². The number of para-hydroxylation sites is 1. The number of anilines is 1. The number of hydrogen-bond donors (Lipinski definition) is 1. The Morgan fingerprint density at radius 1 is 1.06 bits per heavy atom. The highest BCUT2D eigenvalue weighted by Gasteiger charge is 2.31. The normalized spacial score (nSPS) is 15.5. The van der Waals surface area contributed by atoms with E-state index in [4.69, 9.17) is 33.7 Å². The molecule has 0 saturated heterocycles. The fraction of sp³-hybridized carbons (Fsp3) is 0.192. The second-order valence-electron chi connectivity index (χ2n) is 7.72. The zero-order valence-electron chi connectivity index (χ0n) is 18.7. The third-order valence-electron chi connectivity index (χ3n) is 5.49. The van der Waals surface area contributed by atoms with Crippen LogP contribution in [0, 0.1) is 0 Å². The molecule has 0 fully saturated rings. The van der Waals surface area contributed by atoms with Gasteiger partial charge < -0.3 is 15.4 Å². The smallest absolute Gasteiger partial charge is 0.416 e. The lowest BCUT2D eigenvalue weighted by molar-refractivity contribution is -0.137. The van der Waals surface area contributed by atoms with E-state index in [-0.39, 0.29) is 0 Å². The number of methoxy groups -OCH3 is 1. The Morgan fingerprint density at radius 3 is 2.31 bits per heavy atom. The molecule has 0 saturated carbocycles. The van der Waals surface area contributed by atoms with E-state index in [1.54, 1.807) is 36.3 Å². The molecule has 0 radical (unpaired) electrons. The van der Waals surface area contributed by atoms with E-state index in [0.29, 0.717) is 40.7 Å². The molecule has 2 N–H and O–H groups in total. The molecule has 0 aliphatic carbocycles. The number of nitrogens with two attached hydrogens (primary N) is 1.